The number of nitrogens with zero attached hydrogens (tertiary/aromatic N) is 4. The van der Waals surface area contributed by atoms with E-state index in [9.17, 15) is 0 Å². The zero-order valence-corrected chi connectivity index (χ0v) is 11.6. The average Bonchev–Trinajstić information content (AvgIpc) is 3.13. The summed E-state index contributed by atoms with van der Waals surface area (Å²) in [5.41, 5.74) is 2.82. The Morgan fingerprint density at radius 2 is 1.90 bits per heavy atom. The second kappa shape index (κ2) is 4.71. The number of fused-ring (bicyclic) bond motifs is 1. The Kier molecular flexibility index (Phi) is 2.72. The van der Waals surface area contributed by atoms with Crippen LogP contribution in [0.3, 0.4) is 0 Å². The summed E-state index contributed by atoms with van der Waals surface area (Å²) in [5.74, 6) is 0.690. The van der Waals surface area contributed by atoms with Gasteiger partial charge in [0.15, 0.2) is 5.82 Å². The zero-order chi connectivity index (χ0) is 14.2. The molecule has 0 spiro atoms. The van der Waals surface area contributed by atoms with Crippen molar-refractivity contribution in [1.82, 2.24) is 25.2 Å². The Balaban J connectivity index is 1.93. The van der Waals surface area contributed by atoms with Gasteiger partial charge in [0.1, 0.15) is 0 Å². The predicted molar refractivity (Wildman–Crippen MR) is 81.5 cm³/mol. The quantitative estimate of drug-likeness (QED) is 0.616. The minimum atomic E-state index is 0.690. The number of aromatic nitrogens is 5. The van der Waals surface area contributed by atoms with Crippen LogP contribution in [0.15, 0.2) is 54.7 Å². The van der Waals surface area contributed by atoms with Crippen molar-refractivity contribution in [2.24, 2.45) is 0 Å². The average molecular weight is 296 g/mol. The molecule has 21 heavy (non-hydrogen) atoms. The highest BCUT2D eigenvalue weighted by atomic mass is 35.5. The molecule has 0 atom stereocenters. The van der Waals surface area contributed by atoms with Crippen LogP contribution in [-0.2, 0) is 0 Å². The Labute approximate surface area is 125 Å². The highest BCUT2D eigenvalue weighted by molar-refractivity contribution is 6.31. The molecule has 6 heteroatoms. The van der Waals surface area contributed by atoms with Gasteiger partial charge in [-0.3, -0.25) is 0 Å². The first kappa shape index (κ1) is 12.1. The molecule has 0 fully saturated rings. The Hall–Kier alpha value is -2.66. The molecule has 2 heterocycles. The zero-order valence-electron chi connectivity index (χ0n) is 10.9. The van der Waals surface area contributed by atoms with E-state index in [1.165, 1.54) is 0 Å². The summed E-state index contributed by atoms with van der Waals surface area (Å²) in [4.78, 5) is 3.20. The van der Waals surface area contributed by atoms with E-state index in [1.807, 2.05) is 54.7 Å². The topological polar surface area (TPSA) is 59.4 Å². The smallest absolute Gasteiger partial charge is 0.189 e. The lowest BCUT2D eigenvalue weighted by Gasteiger charge is -2.03. The number of tetrazole rings is 1. The van der Waals surface area contributed by atoms with Crippen molar-refractivity contribution in [3.63, 3.8) is 0 Å². The van der Waals surface area contributed by atoms with Crippen molar-refractivity contribution in [2.45, 2.75) is 0 Å². The van der Waals surface area contributed by atoms with Gasteiger partial charge < -0.3 is 4.98 Å². The molecule has 2 aromatic carbocycles. The number of H-pyrrole nitrogens is 1. The van der Waals surface area contributed by atoms with Crippen LogP contribution in [0.25, 0.3) is 28.0 Å². The fourth-order valence-electron chi connectivity index (χ4n) is 2.38. The molecule has 4 aromatic rings. The van der Waals surface area contributed by atoms with E-state index >= 15 is 0 Å². The largest absolute Gasteiger partial charge is 0.360 e. The maximum atomic E-state index is 6.01. The van der Waals surface area contributed by atoms with Gasteiger partial charge in [0, 0.05) is 27.7 Å². The minimum Gasteiger partial charge on any atom is -0.360 e. The van der Waals surface area contributed by atoms with Gasteiger partial charge in [0.05, 0.1) is 5.69 Å². The van der Waals surface area contributed by atoms with E-state index in [0.29, 0.717) is 10.8 Å². The summed E-state index contributed by atoms with van der Waals surface area (Å²) >= 11 is 6.01. The number of benzene rings is 2. The highest BCUT2D eigenvalue weighted by Crippen LogP contribution is 2.29. The number of hydrogen-bond donors (Lipinski definition) is 1. The monoisotopic (exact) mass is 295 g/mol. The van der Waals surface area contributed by atoms with Gasteiger partial charge in [-0.25, -0.2) is 0 Å². The standard InChI is InChI=1S/C15H10ClN5/c16-10-6-7-12-13(9-17-14(12)8-10)15-18-19-20-21(15)11-4-2-1-3-5-11/h1-9,17H. The van der Waals surface area contributed by atoms with E-state index in [4.69, 9.17) is 11.6 Å². The molecule has 0 unspecified atom stereocenters. The number of halogens is 1. The van der Waals surface area contributed by atoms with Gasteiger partial charge in [-0.1, -0.05) is 35.9 Å². The van der Waals surface area contributed by atoms with Crippen LogP contribution in [0.1, 0.15) is 0 Å². The Morgan fingerprint density at radius 1 is 1.05 bits per heavy atom. The van der Waals surface area contributed by atoms with Crippen molar-refractivity contribution in [3.05, 3.63) is 59.8 Å². The molecule has 5 nitrogen and oxygen atoms in total. The van der Waals surface area contributed by atoms with Gasteiger partial charge >= 0.3 is 0 Å². The van der Waals surface area contributed by atoms with Gasteiger partial charge in [-0.15, -0.1) is 5.10 Å². The van der Waals surface area contributed by atoms with Gasteiger partial charge in [-0.05, 0) is 34.7 Å². The summed E-state index contributed by atoms with van der Waals surface area (Å²) in [5, 5.41) is 13.8. The normalized spacial score (nSPS) is 11.1. The van der Waals surface area contributed by atoms with Crippen molar-refractivity contribution in [2.75, 3.05) is 0 Å². The van der Waals surface area contributed by atoms with Gasteiger partial charge in [0.2, 0.25) is 0 Å². The molecule has 0 saturated carbocycles. The van der Waals surface area contributed by atoms with E-state index in [2.05, 4.69) is 20.5 Å². The van der Waals surface area contributed by atoms with Gasteiger partial charge in [0.25, 0.3) is 0 Å². The summed E-state index contributed by atoms with van der Waals surface area (Å²) in [6.07, 6.45) is 1.89. The van der Waals surface area contributed by atoms with Crippen LogP contribution in [0, 0.1) is 0 Å². The van der Waals surface area contributed by atoms with E-state index in [0.717, 1.165) is 22.2 Å². The molecule has 0 bridgehead atoms. The second-order valence-electron chi connectivity index (χ2n) is 4.64. The first-order valence-corrected chi connectivity index (χ1v) is 6.81. The fourth-order valence-corrected chi connectivity index (χ4v) is 2.55. The van der Waals surface area contributed by atoms with Crippen molar-refractivity contribution in [1.29, 1.82) is 0 Å². The lowest BCUT2D eigenvalue weighted by atomic mass is 10.1. The third kappa shape index (κ3) is 1.98. The van der Waals surface area contributed by atoms with Crippen molar-refractivity contribution in [3.8, 4) is 17.1 Å². The third-order valence-electron chi connectivity index (χ3n) is 3.35. The lowest BCUT2D eigenvalue weighted by Crippen LogP contribution is -1.98. The first-order valence-electron chi connectivity index (χ1n) is 6.44. The van der Waals surface area contributed by atoms with Crippen LogP contribution in [0.4, 0.5) is 0 Å². The lowest BCUT2D eigenvalue weighted by molar-refractivity contribution is 0.791. The maximum Gasteiger partial charge on any atom is 0.189 e. The summed E-state index contributed by atoms with van der Waals surface area (Å²) in [7, 11) is 0. The maximum absolute atomic E-state index is 6.01. The molecule has 0 aliphatic carbocycles. The van der Waals surface area contributed by atoms with Crippen LogP contribution in [-0.4, -0.2) is 25.2 Å². The van der Waals surface area contributed by atoms with Crippen molar-refractivity contribution < 1.29 is 0 Å². The molecule has 0 aliphatic rings. The Morgan fingerprint density at radius 3 is 2.76 bits per heavy atom. The summed E-state index contributed by atoms with van der Waals surface area (Å²) in [6.45, 7) is 0. The first-order chi connectivity index (χ1) is 10.3. The Bertz CT molecular complexity index is 910. The molecule has 102 valence electrons. The molecule has 4 rings (SSSR count). The molecule has 2 aromatic heterocycles. The van der Waals surface area contributed by atoms with Gasteiger partial charge in [-0.2, -0.15) is 4.68 Å². The molecule has 0 saturated heterocycles. The predicted octanol–water partition coefficient (Wildman–Crippen LogP) is 3.46. The van der Waals surface area contributed by atoms with E-state index < -0.39 is 0 Å². The molecular formula is C15H10ClN5. The highest BCUT2D eigenvalue weighted by Gasteiger charge is 2.14. The molecule has 1 N–H and O–H groups in total. The SMILES string of the molecule is Clc1ccc2c(-c3nnnn3-c3ccccc3)c[nH]c2c1. The van der Waals surface area contributed by atoms with Crippen LogP contribution < -0.4 is 0 Å². The molecule has 0 radical (unpaired) electrons. The van der Waals surface area contributed by atoms with Crippen LogP contribution >= 0.6 is 11.6 Å². The number of hydrogen-bond acceptors (Lipinski definition) is 3. The summed E-state index contributed by atoms with van der Waals surface area (Å²) < 4.78 is 1.72. The molecular weight excluding hydrogens is 286 g/mol. The van der Waals surface area contributed by atoms with E-state index in [-0.39, 0.29) is 0 Å². The number of rotatable bonds is 2. The van der Waals surface area contributed by atoms with Crippen LogP contribution in [0.2, 0.25) is 5.02 Å². The number of para-hydroxylation sites is 1. The molecule has 0 amide bonds. The second-order valence-corrected chi connectivity index (χ2v) is 5.08. The number of nitrogens with one attached hydrogen (secondary N) is 1. The fraction of sp³-hybridized carbons (Fsp3) is 0. The third-order valence-corrected chi connectivity index (χ3v) is 3.59. The number of aromatic amines is 1. The van der Waals surface area contributed by atoms with Crippen LogP contribution in [0.5, 0.6) is 0 Å². The van der Waals surface area contributed by atoms with E-state index in [1.54, 1.807) is 4.68 Å². The minimum absolute atomic E-state index is 0.690. The summed E-state index contributed by atoms with van der Waals surface area (Å²) in [6, 6.07) is 15.5. The van der Waals surface area contributed by atoms with Crippen molar-refractivity contribution >= 4 is 22.5 Å². The molecule has 0 aliphatic heterocycles.